The van der Waals surface area contributed by atoms with Crippen LogP contribution in [0.1, 0.15) is 6.42 Å². The van der Waals surface area contributed by atoms with Crippen LogP contribution in [-0.4, -0.2) is 29.9 Å². The van der Waals surface area contributed by atoms with Crippen molar-refractivity contribution in [2.45, 2.75) is 12.5 Å². The summed E-state index contributed by atoms with van der Waals surface area (Å²) < 4.78 is 7.22. The molecule has 0 bridgehead atoms. The van der Waals surface area contributed by atoms with Gasteiger partial charge in [-0.25, -0.2) is 9.36 Å². The summed E-state index contributed by atoms with van der Waals surface area (Å²) in [5.74, 6) is 0. The highest BCUT2D eigenvalue weighted by atomic mass is 35.5. The average molecular weight is 349 g/mol. The van der Waals surface area contributed by atoms with Crippen LogP contribution in [0.3, 0.4) is 0 Å². The number of ether oxygens (including phenoxy) is 1. The highest BCUT2D eigenvalue weighted by Gasteiger charge is 2.23. The van der Waals surface area contributed by atoms with Crippen molar-refractivity contribution in [1.29, 1.82) is 0 Å². The molecule has 1 aliphatic rings. The van der Waals surface area contributed by atoms with E-state index in [0.29, 0.717) is 16.6 Å². The van der Waals surface area contributed by atoms with Gasteiger partial charge in [-0.05, 0) is 49.4 Å². The second kappa shape index (κ2) is 5.71. The predicted molar refractivity (Wildman–Crippen MR) is 92.6 cm³/mol. The van der Waals surface area contributed by atoms with Gasteiger partial charge in [-0.2, -0.15) is 0 Å². The molecule has 1 fully saturated rings. The van der Waals surface area contributed by atoms with Crippen LogP contribution in [0.25, 0.3) is 21.8 Å². The first-order valence-electron chi connectivity index (χ1n) is 7.44. The normalized spacial score (nSPS) is 17.9. The number of hydrogen-bond acceptors (Lipinski definition) is 3. The van der Waals surface area contributed by atoms with Gasteiger partial charge in [-0.3, -0.25) is 0 Å². The van der Waals surface area contributed by atoms with Gasteiger partial charge in [0.2, 0.25) is 0 Å². The lowest BCUT2D eigenvalue weighted by Gasteiger charge is -2.12. The second-order valence-corrected chi connectivity index (χ2v) is 6.53. The highest BCUT2D eigenvalue weighted by Crippen LogP contribution is 2.33. The maximum atomic E-state index is 12.7. The van der Waals surface area contributed by atoms with E-state index in [0.717, 1.165) is 34.8 Å². The summed E-state index contributed by atoms with van der Waals surface area (Å²) in [6.07, 6.45) is 0.374. The van der Waals surface area contributed by atoms with Gasteiger partial charge >= 0.3 is 6.09 Å². The fourth-order valence-corrected chi connectivity index (χ4v) is 3.43. The minimum absolute atomic E-state index is 0.0883. The zero-order chi connectivity index (χ0) is 16.0. The summed E-state index contributed by atoms with van der Waals surface area (Å²) in [5, 5.41) is 6.19. The van der Waals surface area contributed by atoms with Gasteiger partial charge in [0.05, 0.1) is 11.0 Å². The number of carbonyl (C=O) groups excluding carboxylic acids is 1. The van der Waals surface area contributed by atoms with Crippen LogP contribution in [0.4, 0.5) is 4.79 Å². The molecule has 4 rings (SSSR count). The van der Waals surface area contributed by atoms with Gasteiger partial charge in [0.1, 0.15) is 6.10 Å². The third kappa shape index (κ3) is 2.57. The quantitative estimate of drug-likeness (QED) is 0.706. The largest absolute Gasteiger partial charge is 0.444 e. The summed E-state index contributed by atoms with van der Waals surface area (Å²) in [6, 6.07) is 10.9. The number of benzene rings is 2. The molecule has 2 aromatic carbocycles. The van der Waals surface area contributed by atoms with E-state index < -0.39 is 0 Å². The van der Waals surface area contributed by atoms with E-state index in [-0.39, 0.29) is 12.2 Å². The second-order valence-electron chi connectivity index (χ2n) is 5.66. The van der Waals surface area contributed by atoms with E-state index in [1.54, 1.807) is 16.7 Å². The van der Waals surface area contributed by atoms with E-state index in [9.17, 15) is 4.79 Å². The molecule has 0 aliphatic carbocycles. The third-order valence-corrected chi connectivity index (χ3v) is 4.62. The zero-order valence-corrected chi connectivity index (χ0v) is 13.7. The topological polar surface area (TPSA) is 43.3 Å². The lowest BCUT2D eigenvalue weighted by Crippen LogP contribution is -2.24. The Labute approximate surface area is 142 Å². The molecular formula is C17H14Cl2N2O2. The van der Waals surface area contributed by atoms with Gasteiger partial charge < -0.3 is 10.1 Å². The number of rotatable bonds is 1. The molecule has 0 spiro atoms. The fourth-order valence-electron chi connectivity index (χ4n) is 3.09. The number of aromatic nitrogens is 1. The van der Waals surface area contributed by atoms with Gasteiger partial charge in [0.15, 0.2) is 0 Å². The molecule has 1 unspecified atom stereocenters. The van der Waals surface area contributed by atoms with Crippen LogP contribution in [-0.2, 0) is 4.74 Å². The Bertz CT molecular complexity index is 854. The molecule has 4 nitrogen and oxygen atoms in total. The van der Waals surface area contributed by atoms with Crippen molar-refractivity contribution >= 4 is 51.1 Å². The molecule has 0 radical (unpaired) electrons. The molecule has 23 heavy (non-hydrogen) atoms. The van der Waals surface area contributed by atoms with Crippen molar-refractivity contribution in [3.05, 3.63) is 46.4 Å². The number of nitrogens with one attached hydrogen (secondary N) is 1. The van der Waals surface area contributed by atoms with Crippen LogP contribution in [0.5, 0.6) is 0 Å². The standard InChI is InChI=1S/C17H14Cl2N2O2/c18-10-1-3-15-13(7-10)14-8-11(19)2-4-16(14)21(15)17(22)23-12-5-6-20-9-12/h1-4,7-8,12,20H,5-6,9H2. The van der Waals surface area contributed by atoms with E-state index in [2.05, 4.69) is 5.32 Å². The highest BCUT2D eigenvalue weighted by molar-refractivity contribution is 6.33. The van der Waals surface area contributed by atoms with Crippen LogP contribution < -0.4 is 5.32 Å². The smallest absolute Gasteiger partial charge is 0.419 e. The Morgan fingerprint density at radius 3 is 2.22 bits per heavy atom. The molecule has 1 N–H and O–H groups in total. The van der Waals surface area contributed by atoms with Crippen molar-refractivity contribution in [2.75, 3.05) is 13.1 Å². The molecule has 118 valence electrons. The van der Waals surface area contributed by atoms with Crippen molar-refractivity contribution in [3.8, 4) is 0 Å². The van der Waals surface area contributed by atoms with Crippen LogP contribution in [0, 0.1) is 0 Å². The number of fused-ring (bicyclic) bond motifs is 3. The van der Waals surface area contributed by atoms with Gasteiger partial charge in [0.25, 0.3) is 0 Å². The maximum absolute atomic E-state index is 12.7. The molecular weight excluding hydrogens is 335 g/mol. The minimum atomic E-state index is -0.372. The van der Waals surface area contributed by atoms with Gasteiger partial charge in [-0.1, -0.05) is 23.2 Å². The number of hydrogen-bond donors (Lipinski definition) is 1. The Morgan fingerprint density at radius 2 is 1.70 bits per heavy atom. The fraction of sp³-hybridized carbons (Fsp3) is 0.235. The van der Waals surface area contributed by atoms with Crippen molar-refractivity contribution in [2.24, 2.45) is 0 Å². The van der Waals surface area contributed by atoms with Crippen molar-refractivity contribution in [3.63, 3.8) is 0 Å². The molecule has 3 aromatic rings. The van der Waals surface area contributed by atoms with Gasteiger partial charge in [-0.15, -0.1) is 0 Å². The summed E-state index contributed by atoms with van der Waals surface area (Å²) in [4.78, 5) is 12.7. The monoisotopic (exact) mass is 348 g/mol. The Kier molecular flexibility index (Phi) is 3.68. The van der Waals surface area contributed by atoms with Crippen LogP contribution in [0.15, 0.2) is 36.4 Å². The lowest BCUT2D eigenvalue weighted by atomic mass is 10.1. The number of carbonyl (C=O) groups is 1. The summed E-state index contributed by atoms with van der Waals surface area (Å²) in [6.45, 7) is 1.57. The van der Waals surface area contributed by atoms with Gasteiger partial charge in [0, 0.05) is 27.4 Å². The Balaban J connectivity index is 1.90. The first-order chi connectivity index (χ1) is 11.1. The first-order valence-corrected chi connectivity index (χ1v) is 8.20. The minimum Gasteiger partial charge on any atom is -0.444 e. The molecule has 1 saturated heterocycles. The third-order valence-electron chi connectivity index (χ3n) is 4.15. The number of halogens is 2. The molecule has 2 heterocycles. The van der Waals surface area contributed by atoms with Crippen molar-refractivity contribution < 1.29 is 9.53 Å². The number of nitrogens with zero attached hydrogens (tertiary/aromatic N) is 1. The molecule has 6 heteroatoms. The first kappa shape index (κ1) is 14.8. The zero-order valence-electron chi connectivity index (χ0n) is 12.2. The van der Waals surface area contributed by atoms with Crippen molar-refractivity contribution in [1.82, 2.24) is 9.88 Å². The molecule has 1 aliphatic heterocycles. The summed E-state index contributed by atoms with van der Waals surface area (Å²) in [7, 11) is 0. The van der Waals surface area contributed by atoms with E-state index in [1.165, 1.54) is 0 Å². The maximum Gasteiger partial charge on any atom is 0.419 e. The SMILES string of the molecule is O=C(OC1CCNC1)n1c2ccc(Cl)cc2c2cc(Cl)ccc21. The molecule has 1 aromatic heterocycles. The van der Waals surface area contributed by atoms with Crippen LogP contribution >= 0.6 is 23.2 Å². The van der Waals surface area contributed by atoms with E-state index in [1.807, 2.05) is 24.3 Å². The summed E-state index contributed by atoms with van der Waals surface area (Å²) in [5.41, 5.74) is 1.53. The summed E-state index contributed by atoms with van der Waals surface area (Å²) >= 11 is 12.2. The van der Waals surface area contributed by atoms with Crippen LogP contribution in [0.2, 0.25) is 10.0 Å². The molecule has 0 amide bonds. The predicted octanol–water partition coefficient (Wildman–Crippen LogP) is 4.45. The van der Waals surface area contributed by atoms with E-state index in [4.69, 9.17) is 27.9 Å². The average Bonchev–Trinajstić information content (AvgIpc) is 3.13. The molecule has 1 atom stereocenters. The molecule has 0 saturated carbocycles. The van der Waals surface area contributed by atoms with E-state index >= 15 is 0 Å². The Morgan fingerprint density at radius 1 is 1.09 bits per heavy atom. The lowest BCUT2D eigenvalue weighted by molar-refractivity contribution is 0.110. The Hall–Kier alpha value is -1.75.